The molecule has 1 saturated carbocycles. The molecule has 1 aliphatic heterocycles. The van der Waals surface area contributed by atoms with E-state index in [1.807, 2.05) is 11.9 Å². The van der Waals surface area contributed by atoms with E-state index in [2.05, 4.69) is 0 Å². The number of rotatable bonds is 4. The molecule has 3 nitrogen and oxygen atoms in total. The van der Waals surface area contributed by atoms with Crippen molar-refractivity contribution in [3.63, 3.8) is 0 Å². The van der Waals surface area contributed by atoms with Crippen molar-refractivity contribution in [2.75, 3.05) is 33.2 Å². The minimum atomic E-state index is -4.19. The average Bonchev–Trinajstić information content (AvgIpc) is 2.90. The molecule has 0 bridgehead atoms. The van der Waals surface area contributed by atoms with Crippen molar-refractivity contribution in [3.05, 3.63) is 0 Å². The highest BCUT2D eigenvalue weighted by molar-refractivity contribution is 5.78. The van der Waals surface area contributed by atoms with Crippen molar-refractivity contribution >= 4 is 5.91 Å². The molecule has 0 radical (unpaired) electrons. The Morgan fingerprint density at radius 1 is 1.19 bits per heavy atom. The molecule has 1 amide bonds. The van der Waals surface area contributed by atoms with E-state index >= 15 is 0 Å². The van der Waals surface area contributed by atoms with Crippen molar-refractivity contribution in [3.8, 4) is 0 Å². The van der Waals surface area contributed by atoms with Gasteiger partial charge in [-0.3, -0.25) is 9.69 Å². The first-order valence-corrected chi connectivity index (χ1v) is 7.89. The molecule has 0 N–H and O–H groups in total. The summed E-state index contributed by atoms with van der Waals surface area (Å²) in [4.78, 5) is 15.5. The largest absolute Gasteiger partial charge is 0.393 e. The summed E-state index contributed by atoms with van der Waals surface area (Å²) in [6.45, 7) is 1.41. The van der Waals surface area contributed by atoms with Gasteiger partial charge < -0.3 is 4.90 Å². The molecule has 0 spiro atoms. The van der Waals surface area contributed by atoms with Crippen LogP contribution in [0.2, 0.25) is 0 Å². The maximum absolute atomic E-state index is 12.8. The van der Waals surface area contributed by atoms with Crippen LogP contribution in [0.5, 0.6) is 0 Å². The number of carbonyl (C=O) groups is 1. The lowest BCUT2D eigenvalue weighted by Crippen LogP contribution is -2.47. The molecule has 0 aromatic carbocycles. The predicted octanol–water partition coefficient (Wildman–Crippen LogP) is 2.91. The monoisotopic (exact) mass is 306 g/mol. The highest BCUT2D eigenvalue weighted by Crippen LogP contribution is 2.33. The Bertz CT molecular complexity index is 353. The van der Waals surface area contributed by atoms with E-state index in [0.29, 0.717) is 18.9 Å². The fourth-order valence-electron chi connectivity index (χ4n) is 3.50. The lowest BCUT2D eigenvalue weighted by atomic mass is 9.97. The van der Waals surface area contributed by atoms with Gasteiger partial charge in [-0.2, -0.15) is 13.2 Å². The molecule has 21 heavy (non-hydrogen) atoms. The lowest BCUT2D eigenvalue weighted by Gasteiger charge is -2.34. The van der Waals surface area contributed by atoms with Gasteiger partial charge in [0.25, 0.3) is 0 Å². The number of carbonyl (C=O) groups excluding carboxylic acids is 1. The first-order valence-electron chi connectivity index (χ1n) is 7.89. The number of halogens is 3. The Kier molecular flexibility index (Phi) is 5.52. The smallest absolute Gasteiger partial charge is 0.341 e. The zero-order valence-corrected chi connectivity index (χ0v) is 12.7. The van der Waals surface area contributed by atoms with E-state index in [-0.39, 0.29) is 25.4 Å². The van der Waals surface area contributed by atoms with E-state index in [9.17, 15) is 18.0 Å². The maximum atomic E-state index is 12.8. The van der Waals surface area contributed by atoms with E-state index < -0.39 is 12.1 Å². The second-order valence-corrected chi connectivity index (χ2v) is 6.57. The predicted molar refractivity (Wildman–Crippen MR) is 74.8 cm³/mol. The number of likely N-dealkylation sites (N-methyl/N-ethyl adjacent to an activating group) is 1. The second-order valence-electron chi connectivity index (χ2n) is 6.57. The normalized spacial score (nSPS) is 24.8. The van der Waals surface area contributed by atoms with Gasteiger partial charge in [0.15, 0.2) is 0 Å². The van der Waals surface area contributed by atoms with Gasteiger partial charge in [0.1, 0.15) is 0 Å². The second kappa shape index (κ2) is 6.99. The molecule has 0 aromatic heterocycles. The highest BCUT2D eigenvalue weighted by atomic mass is 19.4. The van der Waals surface area contributed by atoms with Crippen LogP contribution in [0.1, 0.15) is 38.5 Å². The minimum absolute atomic E-state index is 0.144. The van der Waals surface area contributed by atoms with Crippen LogP contribution in [0.3, 0.4) is 0 Å². The molecule has 122 valence electrons. The van der Waals surface area contributed by atoms with Crippen LogP contribution in [0, 0.1) is 11.8 Å². The summed E-state index contributed by atoms with van der Waals surface area (Å²) in [5, 5.41) is 0. The Labute approximate surface area is 124 Å². The SMILES string of the molecule is CN(CC(=O)N1CCCC(C(F)(F)F)C1)CC1CCCC1. The minimum Gasteiger partial charge on any atom is -0.341 e. The quantitative estimate of drug-likeness (QED) is 0.797. The Balaban J connectivity index is 1.79. The van der Waals surface area contributed by atoms with E-state index in [4.69, 9.17) is 0 Å². The zero-order chi connectivity index (χ0) is 15.5. The topological polar surface area (TPSA) is 23.6 Å². The average molecular weight is 306 g/mol. The molecule has 1 heterocycles. The Morgan fingerprint density at radius 3 is 2.48 bits per heavy atom. The molecule has 2 rings (SSSR count). The van der Waals surface area contributed by atoms with Gasteiger partial charge in [0, 0.05) is 19.6 Å². The van der Waals surface area contributed by atoms with Crippen molar-refractivity contribution in [2.24, 2.45) is 11.8 Å². The van der Waals surface area contributed by atoms with Crippen molar-refractivity contribution < 1.29 is 18.0 Å². The lowest BCUT2D eigenvalue weighted by molar-refractivity contribution is -0.188. The molecule has 0 aromatic rings. The fourth-order valence-corrected chi connectivity index (χ4v) is 3.50. The van der Waals surface area contributed by atoms with Crippen LogP contribution in [-0.2, 0) is 4.79 Å². The Morgan fingerprint density at radius 2 is 1.86 bits per heavy atom. The van der Waals surface area contributed by atoms with Gasteiger partial charge in [-0.1, -0.05) is 12.8 Å². The van der Waals surface area contributed by atoms with Crippen LogP contribution in [-0.4, -0.2) is 55.1 Å². The number of hydrogen-bond acceptors (Lipinski definition) is 2. The van der Waals surface area contributed by atoms with E-state index in [1.165, 1.54) is 30.6 Å². The van der Waals surface area contributed by atoms with Crippen LogP contribution >= 0.6 is 0 Å². The molecule has 1 atom stereocenters. The fraction of sp³-hybridized carbons (Fsp3) is 0.933. The first kappa shape index (κ1) is 16.6. The van der Waals surface area contributed by atoms with Crippen LogP contribution in [0.15, 0.2) is 0 Å². The number of nitrogens with zero attached hydrogens (tertiary/aromatic N) is 2. The van der Waals surface area contributed by atoms with Crippen LogP contribution in [0.25, 0.3) is 0 Å². The summed E-state index contributed by atoms with van der Waals surface area (Å²) in [5.74, 6) is -0.869. The van der Waals surface area contributed by atoms with Crippen LogP contribution < -0.4 is 0 Å². The summed E-state index contributed by atoms with van der Waals surface area (Å²) in [7, 11) is 1.89. The summed E-state index contributed by atoms with van der Waals surface area (Å²) in [6, 6.07) is 0. The zero-order valence-electron chi connectivity index (χ0n) is 12.7. The number of amides is 1. The molecule has 1 unspecified atom stereocenters. The van der Waals surface area contributed by atoms with E-state index in [0.717, 1.165) is 6.54 Å². The molecular formula is C15H25F3N2O. The molecule has 2 aliphatic rings. The van der Waals surface area contributed by atoms with Crippen LogP contribution in [0.4, 0.5) is 13.2 Å². The molecular weight excluding hydrogens is 281 g/mol. The van der Waals surface area contributed by atoms with Gasteiger partial charge in [0.05, 0.1) is 12.5 Å². The third-order valence-corrected chi connectivity index (χ3v) is 4.69. The summed E-state index contributed by atoms with van der Waals surface area (Å²) in [5.41, 5.74) is 0. The molecule has 1 aliphatic carbocycles. The van der Waals surface area contributed by atoms with E-state index in [1.54, 1.807) is 0 Å². The highest BCUT2D eigenvalue weighted by Gasteiger charge is 2.42. The number of piperidine rings is 1. The molecule has 1 saturated heterocycles. The van der Waals surface area contributed by atoms with Crippen molar-refractivity contribution in [1.29, 1.82) is 0 Å². The third-order valence-electron chi connectivity index (χ3n) is 4.69. The summed E-state index contributed by atoms with van der Waals surface area (Å²) in [6.07, 6.45) is 1.33. The van der Waals surface area contributed by atoms with Gasteiger partial charge in [-0.05, 0) is 38.6 Å². The van der Waals surface area contributed by atoms with Gasteiger partial charge in [-0.25, -0.2) is 0 Å². The third kappa shape index (κ3) is 4.87. The van der Waals surface area contributed by atoms with Crippen molar-refractivity contribution in [2.45, 2.75) is 44.7 Å². The number of alkyl halides is 3. The van der Waals surface area contributed by atoms with Crippen molar-refractivity contribution in [1.82, 2.24) is 9.80 Å². The van der Waals surface area contributed by atoms with Gasteiger partial charge in [0.2, 0.25) is 5.91 Å². The Hall–Kier alpha value is -0.780. The summed E-state index contributed by atoms with van der Waals surface area (Å²) >= 11 is 0. The number of hydrogen-bond donors (Lipinski definition) is 0. The summed E-state index contributed by atoms with van der Waals surface area (Å²) < 4.78 is 38.3. The van der Waals surface area contributed by atoms with Gasteiger partial charge in [-0.15, -0.1) is 0 Å². The molecule has 2 fully saturated rings. The molecule has 6 heteroatoms. The number of likely N-dealkylation sites (tertiary alicyclic amines) is 1. The maximum Gasteiger partial charge on any atom is 0.393 e. The standard InChI is InChI=1S/C15H25F3N2O/c1-19(9-12-5-2-3-6-12)11-14(21)20-8-4-7-13(10-20)15(16,17)18/h12-13H,2-11H2,1H3. The first-order chi connectivity index (χ1) is 9.86. The van der Waals surface area contributed by atoms with Gasteiger partial charge >= 0.3 is 6.18 Å².